The molecule has 2 aromatic rings. The second-order valence-corrected chi connectivity index (χ2v) is 8.25. The third kappa shape index (κ3) is 5.46. The highest BCUT2D eigenvalue weighted by atomic mass is 35.5. The van der Waals surface area contributed by atoms with E-state index < -0.39 is 0 Å². The van der Waals surface area contributed by atoms with Crippen LogP contribution in [0, 0.1) is 0 Å². The van der Waals surface area contributed by atoms with Crippen molar-refractivity contribution in [2.75, 3.05) is 26.5 Å². The van der Waals surface area contributed by atoms with Crippen molar-refractivity contribution in [2.24, 2.45) is 0 Å². The quantitative estimate of drug-likeness (QED) is 0.700. The lowest BCUT2D eigenvalue weighted by atomic mass is 10.0. The van der Waals surface area contributed by atoms with Crippen molar-refractivity contribution in [1.82, 2.24) is 10.2 Å². The first-order chi connectivity index (χ1) is 14.0. The van der Waals surface area contributed by atoms with Crippen LogP contribution in [0.4, 0.5) is 0 Å². The Morgan fingerprint density at radius 3 is 2.62 bits per heavy atom. The number of hydrogen-bond donors (Lipinski definition) is 1. The third-order valence-electron chi connectivity index (χ3n) is 5.14. The molecule has 1 saturated heterocycles. The van der Waals surface area contributed by atoms with Crippen molar-refractivity contribution >= 4 is 35.2 Å². The number of benzene rings is 2. The number of rotatable bonds is 6. The number of amides is 2. The van der Waals surface area contributed by atoms with E-state index in [1.807, 2.05) is 47.6 Å². The minimum Gasteiger partial charge on any atom is -0.496 e. The first-order valence-corrected chi connectivity index (χ1v) is 11.2. The maximum absolute atomic E-state index is 12.7. The van der Waals surface area contributed by atoms with Gasteiger partial charge in [-0.3, -0.25) is 9.59 Å². The van der Waals surface area contributed by atoms with Gasteiger partial charge in [0, 0.05) is 29.6 Å². The van der Waals surface area contributed by atoms with Gasteiger partial charge in [-0.1, -0.05) is 29.8 Å². The van der Waals surface area contributed by atoms with Crippen LogP contribution < -0.4 is 10.1 Å². The molecule has 0 bridgehead atoms. The molecule has 1 heterocycles. The number of nitrogens with one attached hydrogen (secondary N) is 1. The summed E-state index contributed by atoms with van der Waals surface area (Å²) in [5.74, 6) is 0.645. The summed E-state index contributed by atoms with van der Waals surface area (Å²) in [6.45, 7) is 1.25. The molecule has 2 amide bonds. The van der Waals surface area contributed by atoms with Crippen molar-refractivity contribution in [1.29, 1.82) is 0 Å². The van der Waals surface area contributed by atoms with Gasteiger partial charge in [-0.25, -0.2) is 0 Å². The van der Waals surface area contributed by atoms with Crippen LogP contribution in [0.2, 0.25) is 5.02 Å². The topological polar surface area (TPSA) is 58.6 Å². The number of likely N-dealkylation sites (tertiary alicyclic amines) is 1. The number of para-hydroxylation sites is 1. The van der Waals surface area contributed by atoms with E-state index in [4.69, 9.17) is 16.3 Å². The first kappa shape index (κ1) is 21.5. The number of nitrogens with zero attached hydrogens (tertiary/aromatic N) is 1. The largest absolute Gasteiger partial charge is 0.496 e. The van der Waals surface area contributed by atoms with E-state index in [2.05, 4.69) is 5.32 Å². The second kappa shape index (κ2) is 10.0. The SMILES string of the molecule is COc1ccccc1CC(=O)N1CCC(NC(=O)c2cc(SC)ccc2Cl)CC1. The van der Waals surface area contributed by atoms with Gasteiger partial charge in [-0.15, -0.1) is 11.8 Å². The molecule has 1 aliphatic heterocycles. The fourth-order valence-corrected chi connectivity index (χ4v) is 4.11. The number of piperidine rings is 1. The van der Waals surface area contributed by atoms with E-state index in [-0.39, 0.29) is 17.9 Å². The lowest BCUT2D eigenvalue weighted by molar-refractivity contribution is -0.131. The monoisotopic (exact) mass is 432 g/mol. The van der Waals surface area contributed by atoms with Gasteiger partial charge >= 0.3 is 0 Å². The van der Waals surface area contributed by atoms with E-state index >= 15 is 0 Å². The molecule has 0 aliphatic carbocycles. The van der Waals surface area contributed by atoms with Crippen LogP contribution in [0.5, 0.6) is 5.75 Å². The highest BCUT2D eigenvalue weighted by Gasteiger charge is 2.25. The lowest BCUT2D eigenvalue weighted by Crippen LogP contribution is -2.47. The van der Waals surface area contributed by atoms with E-state index in [9.17, 15) is 9.59 Å². The molecule has 154 valence electrons. The molecule has 2 aromatic carbocycles. The number of thioether (sulfide) groups is 1. The van der Waals surface area contributed by atoms with Gasteiger partial charge in [0.15, 0.2) is 0 Å². The average Bonchev–Trinajstić information content (AvgIpc) is 2.75. The van der Waals surface area contributed by atoms with Gasteiger partial charge in [0.2, 0.25) is 5.91 Å². The van der Waals surface area contributed by atoms with Crippen molar-refractivity contribution < 1.29 is 14.3 Å². The van der Waals surface area contributed by atoms with E-state index in [1.54, 1.807) is 24.9 Å². The molecule has 1 fully saturated rings. The predicted octanol–water partition coefficient (Wildman–Crippen LogP) is 4.03. The van der Waals surface area contributed by atoms with Crippen molar-refractivity contribution in [3.63, 3.8) is 0 Å². The van der Waals surface area contributed by atoms with Crippen LogP contribution in [0.1, 0.15) is 28.8 Å². The Bertz CT molecular complexity index is 882. The lowest BCUT2D eigenvalue weighted by Gasteiger charge is -2.32. The fourth-order valence-electron chi connectivity index (χ4n) is 3.47. The molecule has 0 aromatic heterocycles. The van der Waals surface area contributed by atoms with Crippen molar-refractivity contribution in [2.45, 2.75) is 30.2 Å². The summed E-state index contributed by atoms with van der Waals surface area (Å²) in [4.78, 5) is 28.1. The van der Waals surface area contributed by atoms with Gasteiger partial charge < -0.3 is 15.0 Å². The van der Waals surface area contributed by atoms with E-state index in [0.717, 1.165) is 29.1 Å². The molecule has 29 heavy (non-hydrogen) atoms. The van der Waals surface area contributed by atoms with Crippen molar-refractivity contribution in [3.05, 3.63) is 58.6 Å². The number of carbonyl (C=O) groups excluding carboxylic acids is 2. The van der Waals surface area contributed by atoms with Crippen LogP contribution in [-0.4, -0.2) is 49.2 Å². The second-order valence-electron chi connectivity index (χ2n) is 6.96. The number of halogens is 1. The number of ether oxygens (including phenoxy) is 1. The summed E-state index contributed by atoms with van der Waals surface area (Å²) in [7, 11) is 1.61. The smallest absolute Gasteiger partial charge is 0.253 e. The minimum atomic E-state index is -0.162. The molecule has 7 heteroatoms. The molecular formula is C22H25ClN2O3S. The summed E-state index contributed by atoms with van der Waals surface area (Å²) < 4.78 is 5.33. The standard InChI is InChI=1S/C22H25ClN2O3S/c1-28-20-6-4-3-5-15(20)13-21(26)25-11-9-16(10-12-25)24-22(27)18-14-17(29-2)7-8-19(18)23/h3-8,14,16H,9-13H2,1-2H3,(H,24,27). The van der Waals surface area contributed by atoms with Gasteiger partial charge in [-0.05, 0) is 43.4 Å². The highest BCUT2D eigenvalue weighted by molar-refractivity contribution is 7.98. The Balaban J connectivity index is 1.54. The normalized spacial score (nSPS) is 14.5. The van der Waals surface area contributed by atoms with Crippen LogP contribution in [-0.2, 0) is 11.2 Å². The summed E-state index contributed by atoms with van der Waals surface area (Å²) >= 11 is 7.77. The summed E-state index contributed by atoms with van der Waals surface area (Å²) in [6.07, 6.45) is 3.73. The number of methoxy groups -OCH3 is 1. The highest BCUT2D eigenvalue weighted by Crippen LogP contribution is 2.24. The molecule has 3 rings (SSSR count). The maximum Gasteiger partial charge on any atom is 0.253 e. The molecule has 0 unspecified atom stereocenters. The Morgan fingerprint density at radius 2 is 1.93 bits per heavy atom. The Hall–Kier alpha value is -2.18. The number of carbonyl (C=O) groups is 2. The van der Waals surface area contributed by atoms with E-state index in [1.165, 1.54) is 0 Å². The molecule has 0 saturated carbocycles. The number of hydrogen-bond acceptors (Lipinski definition) is 4. The van der Waals surface area contributed by atoms with Crippen molar-refractivity contribution in [3.8, 4) is 5.75 Å². The Labute approximate surface area is 180 Å². The van der Waals surface area contributed by atoms with Crippen LogP contribution >= 0.6 is 23.4 Å². The van der Waals surface area contributed by atoms with Gasteiger partial charge in [0.05, 0.1) is 24.1 Å². The zero-order valence-electron chi connectivity index (χ0n) is 16.6. The molecule has 1 aliphatic rings. The molecule has 0 atom stereocenters. The fraction of sp³-hybridized carbons (Fsp3) is 0.364. The molecular weight excluding hydrogens is 408 g/mol. The van der Waals surface area contributed by atoms with Crippen LogP contribution in [0.15, 0.2) is 47.4 Å². The minimum absolute atomic E-state index is 0.0341. The van der Waals surface area contributed by atoms with Crippen LogP contribution in [0.3, 0.4) is 0 Å². The molecule has 0 radical (unpaired) electrons. The van der Waals surface area contributed by atoms with Gasteiger partial charge in [-0.2, -0.15) is 0 Å². The van der Waals surface area contributed by atoms with Gasteiger partial charge in [0.1, 0.15) is 5.75 Å². The maximum atomic E-state index is 12.7. The Morgan fingerprint density at radius 1 is 1.21 bits per heavy atom. The van der Waals surface area contributed by atoms with Crippen LogP contribution in [0.25, 0.3) is 0 Å². The zero-order chi connectivity index (χ0) is 20.8. The summed E-state index contributed by atoms with van der Waals surface area (Å²) in [5.41, 5.74) is 1.38. The first-order valence-electron chi connectivity index (χ1n) is 9.56. The summed E-state index contributed by atoms with van der Waals surface area (Å²) in [5, 5.41) is 3.51. The molecule has 0 spiro atoms. The average molecular weight is 433 g/mol. The zero-order valence-corrected chi connectivity index (χ0v) is 18.2. The summed E-state index contributed by atoms with van der Waals surface area (Å²) in [6, 6.07) is 13.1. The molecule has 5 nitrogen and oxygen atoms in total. The van der Waals surface area contributed by atoms with E-state index in [0.29, 0.717) is 30.1 Å². The van der Waals surface area contributed by atoms with Gasteiger partial charge in [0.25, 0.3) is 5.91 Å². The third-order valence-corrected chi connectivity index (χ3v) is 6.19. The predicted molar refractivity (Wildman–Crippen MR) is 117 cm³/mol. The molecule has 1 N–H and O–H groups in total. The Kier molecular flexibility index (Phi) is 7.45.